The van der Waals surface area contributed by atoms with Crippen LogP contribution in [0.1, 0.15) is 35.2 Å². The second-order valence-corrected chi connectivity index (χ2v) is 6.68. The lowest BCUT2D eigenvalue weighted by molar-refractivity contribution is 0.0696. The van der Waals surface area contributed by atoms with Gasteiger partial charge in [0, 0.05) is 6.54 Å². The van der Waals surface area contributed by atoms with E-state index < -0.39 is 16.0 Å². The number of benzene rings is 1. The predicted molar refractivity (Wildman–Crippen MR) is 70.7 cm³/mol. The quantitative estimate of drug-likeness (QED) is 0.833. The van der Waals surface area contributed by atoms with Gasteiger partial charge in [0.1, 0.15) is 0 Å². The molecule has 0 unspecified atom stereocenters. The van der Waals surface area contributed by atoms with Crippen LogP contribution in [0.15, 0.2) is 23.1 Å². The molecule has 0 radical (unpaired) electrons. The number of carboxylic acids is 1. The molecular formula is C13H17NO4S. The Balaban J connectivity index is 2.14. The molecule has 0 spiro atoms. The summed E-state index contributed by atoms with van der Waals surface area (Å²) in [4.78, 5) is 11.0. The molecule has 6 heteroatoms. The topological polar surface area (TPSA) is 83.5 Å². The van der Waals surface area contributed by atoms with E-state index in [2.05, 4.69) is 4.72 Å². The second-order valence-electron chi connectivity index (χ2n) is 4.91. The van der Waals surface area contributed by atoms with Crippen LogP contribution in [0.3, 0.4) is 0 Å². The van der Waals surface area contributed by atoms with Gasteiger partial charge in [-0.15, -0.1) is 0 Å². The molecule has 1 fully saturated rings. The average molecular weight is 283 g/mol. The van der Waals surface area contributed by atoms with Crippen molar-refractivity contribution in [3.8, 4) is 0 Å². The van der Waals surface area contributed by atoms with Gasteiger partial charge in [0.25, 0.3) is 0 Å². The monoisotopic (exact) mass is 283 g/mol. The van der Waals surface area contributed by atoms with Crippen LogP contribution in [0.25, 0.3) is 0 Å². The van der Waals surface area contributed by atoms with Crippen molar-refractivity contribution in [3.63, 3.8) is 0 Å². The first-order chi connectivity index (χ1) is 8.90. The first kappa shape index (κ1) is 14.0. The Hall–Kier alpha value is -1.40. The first-order valence-electron chi connectivity index (χ1n) is 6.24. The summed E-state index contributed by atoms with van der Waals surface area (Å²) in [5.41, 5.74) is 0.564. The fourth-order valence-electron chi connectivity index (χ4n) is 1.89. The Morgan fingerprint density at radius 1 is 1.42 bits per heavy atom. The van der Waals surface area contributed by atoms with E-state index >= 15 is 0 Å². The normalized spacial score (nSPS) is 15.4. The molecule has 0 saturated heterocycles. The van der Waals surface area contributed by atoms with Gasteiger partial charge >= 0.3 is 5.97 Å². The molecule has 1 saturated carbocycles. The highest BCUT2D eigenvalue weighted by Gasteiger charge is 2.22. The highest BCUT2D eigenvalue weighted by molar-refractivity contribution is 7.89. The SMILES string of the molecule is Cc1ccc(S(=O)(=O)NCCC2CC2)cc1C(=O)O. The summed E-state index contributed by atoms with van der Waals surface area (Å²) in [5.74, 6) is -0.470. The summed E-state index contributed by atoms with van der Waals surface area (Å²) < 4.78 is 26.5. The van der Waals surface area contributed by atoms with Gasteiger partial charge in [-0.3, -0.25) is 0 Å². The number of carboxylic acid groups (broad SMARTS) is 1. The van der Waals surface area contributed by atoms with Gasteiger partial charge in [-0.25, -0.2) is 17.9 Å². The van der Waals surface area contributed by atoms with E-state index in [4.69, 9.17) is 5.11 Å². The smallest absolute Gasteiger partial charge is 0.335 e. The Morgan fingerprint density at radius 2 is 2.11 bits per heavy atom. The summed E-state index contributed by atoms with van der Waals surface area (Å²) in [7, 11) is -3.61. The maximum atomic E-state index is 12.0. The molecule has 0 heterocycles. The summed E-state index contributed by atoms with van der Waals surface area (Å²) in [6, 6.07) is 4.15. The van der Waals surface area contributed by atoms with Crippen molar-refractivity contribution in [1.82, 2.24) is 4.72 Å². The third kappa shape index (κ3) is 3.54. The van der Waals surface area contributed by atoms with E-state index in [1.807, 2.05) is 0 Å². The van der Waals surface area contributed by atoms with E-state index in [1.54, 1.807) is 6.92 Å². The Morgan fingerprint density at radius 3 is 2.68 bits per heavy atom. The van der Waals surface area contributed by atoms with E-state index in [9.17, 15) is 13.2 Å². The molecule has 0 aliphatic heterocycles. The van der Waals surface area contributed by atoms with E-state index in [1.165, 1.54) is 31.0 Å². The van der Waals surface area contributed by atoms with Gasteiger partial charge in [0.2, 0.25) is 10.0 Å². The zero-order chi connectivity index (χ0) is 14.0. The lowest BCUT2D eigenvalue weighted by atomic mass is 10.1. The first-order valence-corrected chi connectivity index (χ1v) is 7.72. The second kappa shape index (κ2) is 5.30. The van der Waals surface area contributed by atoms with Gasteiger partial charge in [-0.1, -0.05) is 18.9 Å². The molecule has 0 atom stereocenters. The Bertz CT molecular complexity index is 591. The van der Waals surface area contributed by atoms with Crippen LogP contribution in [-0.4, -0.2) is 26.0 Å². The largest absolute Gasteiger partial charge is 0.478 e. The molecule has 0 aromatic heterocycles. The maximum Gasteiger partial charge on any atom is 0.335 e. The predicted octanol–water partition coefficient (Wildman–Crippen LogP) is 1.77. The molecular weight excluding hydrogens is 266 g/mol. The minimum atomic E-state index is -3.61. The third-order valence-electron chi connectivity index (χ3n) is 3.29. The van der Waals surface area contributed by atoms with Crippen LogP contribution < -0.4 is 4.72 Å². The van der Waals surface area contributed by atoms with Gasteiger partial charge in [-0.05, 0) is 37.0 Å². The lowest BCUT2D eigenvalue weighted by Gasteiger charge is -2.08. The highest BCUT2D eigenvalue weighted by atomic mass is 32.2. The summed E-state index contributed by atoms with van der Waals surface area (Å²) in [6.45, 7) is 2.05. The van der Waals surface area contributed by atoms with Gasteiger partial charge in [-0.2, -0.15) is 0 Å². The highest BCUT2D eigenvalue weighted by Crippen LogP contribution is 2.31. The molecule has 1 aliphatic carbocycles. The van der Waals surface area contributed by atoms with Crippen LogP contribution in [0.5, 0.6) is 0 Å². The molecule has 2 rings (SSSR count). The van der Waals surface area contributed by atoms with Crippen LogP contribution in [0.2, 0.25) is 0 Å². The molecule has 0 bridgehead atoms. The van der Waals surface area contributed by atoms with E-state index in [-0.39, 0.29) is 10.5 Å². The van der Waals surface area contributed by atoms with E-state index in [0.29, 0.717) is 18.0 Å². The molecule has 5 nitrogen and oxygen atoms in total. The number of carbonyl (C=O) groups is 1. The molecule has 1 aromatic rings. The zero-order valence-corrected chi connectivity index (χ0v) is 11.5. The number of hydrogen-bond acceptors (Lipinski definition) is 3. The Labute approximate surface area is 112 Å². The van der Waals surface area contributed by atoms with Gasteiger partial charge < -0.3 is 5.11 Å². The van der Waals surface area contributed by atoms with Crippen molar-refractivity contribution < 1.29 is 18.3 Å². The molecule has 0 amide bonds. The molecule has 2 N–H and O–H groups in total. The molecule has 1 aromatic carbocycles. The minimum Gasteiger partial charge on any atom is -0.478 e. The zero-order valence-electron chi connectivity index (χ0n) is 10.7. The van der Waals surface area contributed by atoms with Crippen molar-refractivity contribution in [2.75, 3.05) is 6.54 Å². The van der Waals surface area contributed by atoms with E-state index in [0.717, 1.165) is 6.42 Å². The number of rotatable bonds is 6. The average Bonchev–Trinajstić information content (AvgIpc) is 3.12. The number of aryl methyl sites for hydroxylation is 1. The van der Waals surface area contributed by atoms with Crippen molar-refractivity contribution >= 4 is 16.0 Å². The Kier molecular flexibility index (Phi) is 3.91. The van der Waals surface area contributed by atoms with Crippen molar-refractivity contribution in [1.29, 1.82) is 0 Å². The van der Waals surface area contributed by atoms with Crippen molar-refractivity contribution in [2.45, 2.75) is 31.1 Å². The fraction of sp³-hybridized carbons (Fsp3) is 0.462. The van der Waals surface area contributed by atoms with Crippen LogP contribution >= 0.6 is 0 Å². The van der Waals surface area contributed by atoms with Gasteiger partial charge in [0.15, 0.2) is 0 Å². The van der Waals surface area contributed by atoms with Crippen molar-refractivity contribution in [2.24, 2.45) is 5.92 Å². The van der Waals surface area contributed by atoms with Crippen molar-refractivity contribution in [3.05, 3.63) is 29.3 Å². The third-order valence-corrected chi connectivity index (χ3v) is 4.75. The fourth-order valence-corrected chi connectivity index (χ4v) is 2.96. The molecule has 1 aliphatic rings. The van der Waals surface area contributed by atoms with Gasteiger partial charge in [0.05, 0.1) is 10.5 Å². The number of aromatic carboxylic acids is 1. The lowest BCUT2D eigenvalue weighted by Crippen LogP contribution is -2.25. The minimum absolute atomic E-state index is 0.00583. The number of nitrogens with one attached hydrogen (secondary N) is 1. The maximum absolute atomic E-state index is 12.0. The molecule has 19 heavy (non-hydrogen) atoms. The number of hydrogen-bond donors (Lipinski definition) is 2. The summed E-state index contributed by atoms with van der Waals surface area (Å²) in [5, 5.41) is 9.00. The van der Waals surface area contributed by atoms with Crippen LogP contribution in [-0.2, 0) is 10.0 Å². The standard InChI is InChI=1S/C13H17NO4S/c1-9-2-5-11(8-12(9)13(15)16)19(17,18)14-7-6-10-3-4-10/h2,5,8,10,14H,3-4,6-7H2,1H3,(H,15,16). The number of sulfonamides is 1. The van der Waals surface area contributed by atoms with Crippen LogP contribution in [0.4, 0.5) is 0 Å². The summed E-state index contributed by atoms with van der Waals surface area (Å²) in [6.07, 6.45) is 3.20. The summed E-state index contributed by atoms with van der Waals surface area (Å²) >= 11 is 0. The molecule has 104 valence electrons. The van der Waals surface area contributed by atoms with Crippen LogP contribution in [0, 0.1) is 12.8 Å².